The number of rotatable bonds is 6. The molecule has 17 heavy (non-hydrogen) atoms. The first-order chi connectivity index (χ1) is 8.07. The quantitative estimate of drug-likeness (QED) is 0.846. The van der Waals surface area contributed by atoms with Gasteiger partial charge < -0.3 is 10.5 Å². The lowest BCUT2D eigenvalue weighted by atomic mass is 9.85. The summed E-state index contributed by atoms with van der Waals surface area (Å²) in [6.07, 6.45) is 2.62. The molecule has 0 aliphatic rings. The van der Waals surface area contributed by atoms with Gasteiger partial charge in [0.15, 0.2) is 0 Å². The van der Waals surface area contributed by atoms with Crippen LogP contribution in [-0.4, -0.2) is 18.8 Å². The predicted octanol–water partition coefficient (Wildman–Crippen LogP) is 3.42. The smallest absolute Gasteiger partial charge is 0.0826 e. The number of methoxy groups -OCH3 is 1. The second-order valence-electron chi connectivity index (χ2n) is 4.42. The summed E-state index contributed by atoms with van der Waals surface area (Å²) in [7, 11) is 1.74. The summed E-state index contributed by atoms with van der Waals surface area (Å²) >= 11 is 5.97. The highest BCUT2D eigenvalue weighted by Gasteiger charge is 2.33. The summed E-state index contributed by atoms with van der Waals surface area (Å²) in [6, 6.07) is 7.84. The minimum Gasteiger partial charge on any atom is -0.377 e. The monoisotopic (exact) mass is 255 g/mol. The van der Waals surface area contributed by atoms with E-state index in [-0.39, 0.29) is 11.6 Å². The molecule has 0 aromatic heterocycles. The molecule has 0 bridgehead atoms. The van der Waals surface area contributed by atoms with Crippen molar-refractivity contribution >= 4 is 11.6 Å². The SMILES string of the molecule is CCC(CC)(OC)C(N)Cc1cccc(Cl)c1. The molecule has 1 unspecified atom stereocenters. The van der Waals surface area contributed by atoms with Gasteiger partial charge in [0.05, 0.1) is 5.60 Å². The summed E-state index contributed by atoms with van der Waals surface area (Å²) in [4.78, 5) is 0. The molecule has 0 fully saturated rings. The molecule has 0 aliphatic heterocycles. The third-order valence-corrected chi connectivity index (χ3v) is 3.86. The zero-order valence-corrected chi connectivity index (χ0v) is 11.6. The molecule has 1 aromatic carbocycles. The Morgan fingerprint density at radius 2 is 2.00 bits per heavy atom. The van der Waals surface area contributed by atoms with Gasteiger partial charge in [-0.15, -0.1) is 0 Å². The van der Waals surface area contributed by atoms with Crippen LogP contribution < -0.4 is 5.73 Å². The Morgan fingerprint density at radius 3 is 2.47 bits per heavy atom. The van der Waals surface area contributed by atoms with E-state index in [4.69, 9.17) is 22.1 Å². The van der Waals surface area contributed by atoms with Crippen LogP contribution in [0, 0.1) is 0 Å². The van der Waals surface area contributed by atoms with Crippen molar-refractivity contribution in [2.45, 2.75) is 44.8 Å². The van der Waals surface area contributed by atoms with Crippen molar-refractivity contribution in [1.82, 2.24) is 0 Å². The first-order valence-electron chi connectivity index (χ1n) is 6.13. The van der Waals surface area contributed by atoms with Crippen molar-refractivity contribution in [3.8, 4) is 0 Å². The lowest BCUT2D eigenvalue weighted by Gasteiger charge is -2.36. The maximum absolute atomic E-state index is 6.30. The third kappa shape index (κ3) is 3.44. The molecule has 0 aliphatic carbocycles. The fourth-order valence-electron chi connectivity index (χ4n) is 2.32. The van der Waals surface area contributed by atoms with Gasteiger partial charge in [-0.3, -0.25) is 0 Å². The Bertz CT molecular complexity index is 342. The number of hydrogen-bond donors (Lipinski definition) is 1. The van der Waals surface area contributed by atoms with E-state index in [9.17, 15) is 0 Å². The Hall–Kier alpha value is -0.570. The second kappa shape index (κ2) is 6.39. The Labute approximate surface area is 109 Å². The molecule has 0 saturated carbocycles. The minimum atomic E-state index is -0.234. The topological polar surface area (TPSA) is 35.2 Å². The summed E-state index contributed by atoms with van der Waals surface area (Å²) in [5.41, 5.74) is 7.23. The van der Waals surface area contributed by atoms with E-state index in [2.05, 4.69) is 19.9 Å². The maximum Gasteiger partial charge on any atom is 0.0826 e. The fourth-order valence-corrected chi connectivity index (χ4v) is 2.53. The number of nitrogens with two attached hydrogens (primary N) is 1. The highest BCUT2D eigenvalue weighted by atomic mass is 35.5. The lowest BCUT2D eigenvalue weighted by molar-refractivity contribution is -0.0374. The minimum absolute atomic E-state index is 0.0130. The van der Waals surface area contributed by atoms with Crippen molar-refractivity contribution < 1.29 is 4.74 Å². The van der Waals surface area contributed by atoms with Crippen molar-refractivity contribution in [3.05, 3.63) is 34.9 Å². The molecule has 0 heterocycles. The van der Waals surface area contributed by atoms with Gasteiger partial charge in [-0.05, 0) is 37.0 Å². The van der Waals surface area contributed by atoms with Crippen LogP contribution >= 0.6 is 11.6 Å². The molecule has 0 radical (unpaired) electrons. The Balaban J connectivity index is 2.80. The summed E-state index contributed by atoms with van der Waals surface area (Å²) in [5, 5.41) is 0.755. The van der Waals surface area contributed by atoms with Crippen molar-refractivity contribution in [2.75, 3.05) is 7.11 Å². The van der Waals surface area contributed by atoms with Crippen molar-refractivity contribution in [2.24, 2.45) is 5.73 Å². The molecule has 0 amide bonds. The van der Waals surface area contributed by atoms with Gasteiger partial charge in [0.1, 0.15) is 0 Å². The van der Waals surface area contributed by atoms with Crippen molar-refractivity contribution in [3.63, 3.8) is 0 Å². The van der Waals surface area contributed by atoms with Crippen LogP contribution in [0.25, 0.3) is 0 Å². The average molecular weight is 256 g/mol. The van der Waals surface area contributed by atoms with Gasteiger partial charge in [0.2, 0.25) is 0 Å². The highest BCUT2D eigenvalue weighted by Crippen LogP contribution is 2.25. The standard InChI is InChI=1S/C14H22ClNO/c1-4-14(5-2,17-3)13(16)10-11-7-6-8-12(15)9-11/h6-9,13H,4-5,10,16H2,1-3H3. The van der Waals surface area contributed by atoms with Gasteiger partial charge >= 0.3 is 0 Å². The van der Waals surface area contributed by atoms with Crippen LogP contribution in [0.15, 0.2) is 24.3 Å². The molecule has 0 spiro atoms. The molecule has 2 N–H and O–H groups in total. The first kappa shape index (κ1) is 14.5. The zero-order valence-electron chi connectivity index (χ0n) is 10.9. The van der Waals surface area contributed by atoms with E-state index in [0.717, 1.165) is 29.8 Å². The van der Waals surface area contributed by atoms with Gasteiger partial charge in [-0.25, -0.2) is 0 Å². The summed E-state index contributed by atoms with van der Waals surface area (Å²) < 4.78 is 5.64. The highest BCUT2D eigenvalue weighted by molar-refractivity contribution is 6.30. The van der Waals surface area contributed by atoms with E-state index in [1.165, 1.54) is 0 Å². The molecular weight excluding hydrogens is 234 g/mol. The molecule has 3 heteroatoms. The van der Waals surface area contributed by atoms with E-state index in [1.807, 2.05) is 18.2 Å². The largest absolute Gasteiger partial charge is 0.377 e. The van der Waals surface area contributed by atoms with Crippen LogP contribution in [0.2, 0.25) is 5.02 Å². The van der Waals surface area contributed by atoms with E-state index in [0.29, 0.717) is 0 Å². The molecular formula is C14H22ClNO. The fraction of sp³-hybridized carbons (Fsp3) is 0.571. The van der Waals surface area contributed by atoms with E-state index in [1.54, 1.807) is 7.11 Å². The van der Waals surface area contributed by atoms with Gasteiger partial charge in [0, 0.05) is 18.2 Å². The normalized spacial score (nSPS) is 13.7. The van der Waals surface area contributed by atoms with E-state index < -0.39 is 0 Å². The van der Waals surface area contributed by atoms with E-state index >= 15 is 0 Å². The van der Waals surface area contributed by atoms with Crippen LogP contribution in [0.5, 0.6) is 0 Å². The molecule has 1 atom stereocenters. The predicted molar refractivity (Wildman–Crippen MR) is 73.5 cm³/mol. The number of ether oxygens (including phenoxy) is 1. The third-order valence-electron chi connectivity index (χ3n) is 3.62. The second-order valence-corrected chi connectivity index (χ2v) is 4.85. The van der Waals surface area contributed by atoms with Gasteiger partial charge in [-0.1, -0.05) is 37.6 Å². The summed E-state index contributed by atoms with van der Waals surface area (Å²) in [6.45, 7) is 4.23. The molecule has 96 valence electrons. The summed E-state index contributed by atoms with van der Waals surface area (Å²) in [5.74, 6) is 0. The van der Waals surface area contributed by atoms with Crippen LogP contribution in [0.3, 0.4) is 0 Å². The van der Waals surface area contributed by atoms with Gasteiger partial charge in [0.25, 0.3) is 0 Å². The maximum atomic E-state index is 6.30. The van der Waals surface area contributed by atoms with Crippen molar-refractivity contribution in [1.29, 1.82) is 0 Å². The van der Waals surface area contributed by atoms with Gasteiger partial charge in [-0.2, -0.15) is 0 Å². The number of hydrogen-bond acceptors (Lipinski definition) is 2. The molecule has 1 aromatic rings. The number of benzene rings is 1. The molecule has 2 nitrogen and oxygen atoms in total. The Morgan fingerprint density at radius 1 is 1.35 bits per heavy atom. The lowest BCUT2D eigenvalue weighted by Crippen LogP contribution is -2.50. The first-order valence-corrected chi connectivity index (χ1v) is 6.51. The molecule has 1 rings (SSSR count). The number of halogens is 1. The average Bonchev–Trinajstić information content (AvgIpc) is 2.32. The Kier molecular flexibility index (Phi) is 5.44. The van der Waals surface area contributed by atoms with Crippen LogP contribution in [-0.2, 0) is 11.2 Å². The van der Waals surface area contributed by atoms with Crippen LogP contribution in [0.1, 0.15) is 32.3 Å². The molecule has 0 saturated heterocycles. The van der Waals surface area contributed by atoms with Crippen LogP contribution in [0.4, 0.5) is 0 Å². The zero-order chi connectivity index (χ0) is 12.9.